The van der Waals surface area contributed by atoms with Gasteiger partial charge in [0.2, 0.25) is 0 Å². The van der Waals surface area contributed by atoms with Crippen LogP contribution in [0.2, 0.25) is 0 Å². The highest BCUT2D eigenvalue weighted by molar-refractivity contribution is 7.13. The van der Waals surface area contributed by atoms with Crippen molar-refractivity contribution in [1.29, 1.82) is 0 Å². The SMILES string of the molecule is O=Cc1cn(-c2ccncc2)nc1-c1nccs1. The molecular formula is C12H8N4OS. The zero-order chi connectivity index (χ0) is 12.4. The first-order valence-electron chi connectivity index (χ1n) is 5.23. The molecule has 6 heteroatoms. The van der Waals surface area contributed by atoms with E-state index in [0.717, 1.165) is 17.0 Å². The van der Waals surface area contributed by atoms with Crippen molar-refractivity contribution in [2.24, 2.45) is 0 Å². The van der Waals surface area contributed by atoms with E-state index in [2.05, 4.69) is 15.1 Å². The number of aromatic nitrogens is 4. The smallest absolute Gasteiger partial charge is 0.153 e. The van der Waals surface area contributed by atoms with Crippen molar-refractivity contribution >= 4 is 17.6 Å². The van der Waals surface area contributed by atoms with Crippen LogP contribution in [0.5, 0.6) is 0 Å². The maximum absolute atomic E-state index is 11.1. The molecule has 0 aliphatic rings. The van der Waals surface area contributed by atoms with Gasteiger partial charge in [0.1, 0.15) is 10.7 Å². The van der Waals surface area contributed by atoms with Gasteiger partial charge in [-0.1, -0.05) is 0 Å². The maximum atomic E-state index is 11.1. The quantitative estimate of drug-likeness (QED) is 0.674. The lowest BCUT2D eigenvalue weighted by Gasteiger charge is -1.98. The number of thiazole rings is 1. The lowest BCUT2D eigenvalue weighted by Crippen LogP contribution is -1.94. The van der Waals surface area contributed by atoms with E-state index < -0.39 is 0 Å². The van der Waals surface area contributed by atoms with E-state index in [9.17, 15) is 4.79 Å². The third-order valence-electron chi connectivity index (χ3n) is 2.43. The molecule has 0 aliphatic heterocycles. The molecule has 0 N–H and O–H groups in total. The van der Waals surface area contributed by atoms with Gasteiger partial charge < -0.3 is 0 Å². The zero-order valence-corrected chi connectivity index (χ0v) is 10.0. The van der Waals surface area contributed by atoms with Gasteiger partial charge in [0.05, 0.1) is 11.3 Å². The highest BCUT2D eigenvalue weighted by atomic mass is 32.1. The van der Waals surface area contributed by atoms with Gasteiger partial charge in [-0.2, -0.15) is 5.10 Å². The molecular weight excluding hydrogens is 248 g/mol. The Kier molecular flexibility index (Phi) is 2.70. The number of hydrogen-bond donors (Lipinski definition) is 0. The van der Waals surface area contributed by atoms with Gasteiger partial charge in [0.15, 0.2) is 6.29 Å². The largest absolute Gasteiger partial charge is 0.298 e. The van der Waals surface area contributed by atoms with Gasteiger partial charge >= 0.3 is 0 Å². The molecule has 0 aliphatic carbocycles. The van der Waals surface area contributed by atoms with Gasteiger partial charge in [-0.25, -0.2) is 9.67 Å². The molecule has 88 valence electrons. The molecule has 3 heterocycles. The highest BCUT2D eigenvalue weighted by Gasteiger charge is 2.13. The number of hydrogen-bond acceptors (Lipinski definition) is 5. The van der Waals surface area contributed by atoms with Crippen LogP contribution in [-0.2, 0) is 0 Å². The average Bonchev–Trinajstić information content (AvgIpc) is 3.08. The van der Waals surface area contributed by atoms with Gasteiger partial charge in [0.25, 0.3) is 0 Å². The molecule has 0 fully saturated rings. The minimum absolute atomic E-state index is 0.529. The first kappa shape index (κ1) is 10.8. The minimum atomic E-state index is 0.529. The molecule has 0 saturated heterocycles. The maximum Gasteiger partial charge on any atom is 0.153 e. The summed E-state index contributed by atoms with van der Waals surface area (Å²) in [7, 11) is 0. The van der Waals surface area contributed by atoms with Crippen LogP contribution in [0.25, 0.3) is 16.4 Å². The van der Waals surface area contributed by atoms with Crippen LogP contribution in [0.4, 0.5) is 0 Å². The number of carbonyl (C=O) groups excluding carboxylic acids is 1. The number of pyridine rings is 1. The molecule has 0 aromatic carbocycles. The number of carbonyl (C=O) groups is 1. The summed E-state index contributed by atoms with van der Waals surface area (Å²) >= 11 is 1.46. The number of nitrogens with zero attached hydrogens (tertiary/aromatic N) is 4. The van der Waals surface area contributed by atoms with Crippen LogP contribution in [0.3, 0.4) is 0 Å². The van der Waals surface area contributed by atoms with E-state index in [-0.39, 0.29) is 0 Å². The summed E-state index contributed by atoms with van der Waals surface area (Å²) in [6, 6.07) is 3.65. The van der Waals surface area contributed by atoms with Crippen LogP contribution < -0.4 is 0 Å². The van der Waals surface area contributed by atoms with Crippen molar-refractivity contribution < 1.29 is 4.79 Å². The molecule has 0 unspecified atom stereocenters. The van der Waals surface area contributed by atoms with Crippen LogP contribution >= 0.6 is 11.3 Å². The Bertz CT molecular complexity index is 661. The second-order valence-corrected chi connectivity index (χ2v) is 4.43. The second kappa shape index (κ2) is 4.50. The van der Waals surface area contributed by atoms with Crippen molar-refractivity contribution in [3.05, 3.63) is 47.9 Å². The molecule has 3 aromatic rings. The molecule has 3 aromatic heterocycles. The Morgan fingerprint density at radius 2 is 2.06 bits per heavy atom. The van der Waals surface area contributed by atoms with Crippen LogP contribution in [0, 0.1) is 0 Å². The Hall–Kier alpha value is -2.34. The third kappa shape index (κ3) is 1.82. The van der Waals surface area contributed by atoms with E-state index >= 15 is 0 Å². The first-order valence-corrected chi connectivity index (χ1v) is 6.11. The molecule has 0 bridgehead atoms. The number of aldehydes is 1. The van der Waals surface area contributed by atoms with Gasteiger partial charge in [-0.15, -0.1) is 11.3 Å². The van der Waals surface area contributed by atoms with Crippen LogP contribution in [0.1, 0.15) is 10.4 Å². The molecule has 0 saturated carbocycles. The van der Waals surface area contributed by atoms with Crippen LogP contribution in [-0.4, -0.2) is 26.0 Å². The van der Waals surface area contributed by atoms with Gasteiger partial charge in [-0.3, -0.25) is 9.78 Å². The summed E-state index contributed by atoms with van der Waals surface area (Å²) in [6.45, 7) is 0. The zero-order valence-electron chi connectivity index (χ0n) is 9.22. The molecule has 0 amide bonds. The number of rotatable bonds is 3. The molecule has 0 spiro atoms. The predicted octanol–water partition coefficient (Wildman–Crippen LogP) is 2.20. The average molecular weight is 256 g/mol. The lowest BCUT2D eigenvalue weighted by atomic mass is 10.3. The molecule has 0 atom stereocenters. The molecule has 0 radical (unpaired) electrons. The predicted molar refractivity (Wildman–Crippen MR) is 67.9 cm³/mol. The van der Waals surface area contributed by atoms with Crippen molar-refractivity contribution in [2.45, 2.75) is 0 Å². The van der Waals surface area contributed by atoms with E-state index in [0.29, 0.717) is 11.3 Å². The third-order valence-corrected chi connectivity index (χ3v) is 3.21. The normalized spacial score (nSPS) is 10.4. The Balaban J connectivity index is 2.12. The van der Waals surface area contributed by atoms with Crippen molar-refractivity contribution in [2.75, 3.05) is 0 Å². The van der Waals surface area contributed by atoms with Gasteiger partial charge in [-0.05, 0) is 12.1 Å². The molecule has 3 rings (SSSR count). The molecule has 5 nitrogen and oxygen atoms in total. The highest BCUT2D eigenvalue weighted by Crippen LogP contribution is 2.24. The summed E-state index contributed by atoms with van der Waals surface area (Å²) in [4.78, 5) is 19.2. The first-order chi connectivity index (χ1) is 8.88. The van der Waals surface area contributed by atoms with Crippen molar-refractivity contribution in [3.8, 4) is 16.4 Å². The van der Waals surface area contributed by atoms with Gasteiger partial charge in [0, 0.05) is 30.2 Å². The summed E-state index contributed by atoms with van der Waals surface area (Å²) in [5.41, 5.74) is 1.99. The monoisotopic (exact) mass is 256 g/mol. The standard InChI is InChI=1S/C12H8N4OS/c17-8-9-7-16(10-1-3-13-4-2-10)15-11(9)12-14-5-6-18-12/h1-8H. The fraction of sp³-hybridized carbons (Fsp3) is 0. The van der Waals surface area contributed by atoms with E-state index in [4.69, 9.17) is 0 Å². The van der Waals surface area contributed by atoms with Crippen molar-refractivity contribution in [1.82, 2.24) is 19.7 Å². The Morgan fingerprint density at radius 1 is 1.22 bits per heavy atom. The fourth-order valence-electron chi connectivity index (χ4n) is 1.61. The lowest BCUT2D eigenvalue weighted by molar-refractivity contribution is 0.112. The minimum Gasteiger partial charge on any atom is -0.298 e. The summed E-state index contributed by atoms with van der Waals surface area (Å²) in [5.74, 6) is 0. The Morgan fingerprint density at radius 3 is 2.72 bits per heavy atom. The van der Waals surface area contributed by atoms with E-state index in [1.165, 1.54) is 11.3 Å². The van der Waals surface area contributed by atoms with Crippen LogP contribution in [0.15, 0.2) is 42.3 Å². The summed E-state index contributed by atoms with van der Waals surface area (Å²) in [6.07, 6.45) is 7.54. The topological polar surface area (TPSA) is 60.7 Å². The summed E-state index contributed by atoms with van der Waals surface area (Å²) < 4.78 is 1.65. The van der Waals surface area contributed by atoms with Crippen molar-refractivity contribution in [3.63, 3.8) is 0 Å². The Labute approximate surface area is 107 Å². The van der Waals surface area contributed by atoms with E-state index in [1.54, 1.807) is 29.5 Å². The fourth-order valence-corrected chi connectivity index (χ4v) is 2.25. The van der Waals surface area contributed by atoms with E-state index in [1.807, 2.05) is 17.5 Å². The second-order valence-electron chi connectivity index (χ2n) is 3.54. The molecule has 18 heavy (non-hydrogen) atoms. The summed E-state index contributed by atoms with van der Waals surface area (Å²) in [5, 5.41) is 7.00.